The van der Waals surface area contributed by atoms with Crippen molar-refractivity contribution >= 4 is 11.7 Å². The molecule has 0 bridgehead atoms. The van der Waals surface area contributed by atoms with Crippen molar-refractivity contribution in [1.82, 2.24) is 5.32 Å². The van der Waals surface area contributed by atoms with Gasteiger partial charge in [-0.25, -0.2) is 4.79 Å². The molecule has 90 valence electrons. The van der Waals surface area contributed by atoms with E-state index in [9.17, 15) is 4.79 Å². The fraction of sp³-hybridized carbons (Fsp3) is 0.462. The second-order valence-electron chi connectivity index (χ2n) is 4.66. The Morgan fingerprint density at radius 1 is 1.47 bits per heavy atom. The van der Waals surface area contributed by atoms with Crippen LogP contribution in [0.4, 0.5) is 5.69 Å². The average Bonchev–Trinajstić information content (AvgIpc) is 2.85. The minimum Gasteiger partial charge on any atom is -0.465 e. The van der Waals surface area contributed by atoms with E-state index < -0.39 is 0 Å². The number of esters is 1. The van der Waals surface area contributed by atoms with Gasteiger partial charge in [0.2, 0.25) is 0 Å². The summed E-state index contributed by atoms with van der Waals surface area (Å²) in [6.07, 6.45) is 1.19. The Bertz CT molecular complexity index is 459. The second kappa shape index (κ2) is 4.04. The monoisotopic (exact) mass is 232 g/mol. The van der Waals surface area contributed by atoms with E-state index in [0.29, 0.717) is 17.5 Å². The topological polar surface area (TPSA) is 50.4 Å². The summed E-state index contributed by atoms with van der Waals surface area (Å²) in [6.45, 7) is 2.07. The molecule has 17 heavy (non-hydrogen) atoms. The number of carbonyl (C=O) groups excluding carboxylic acids is 1. The molecule has 0 amide bonds. The third kappa shape index (κ3) is 1.69. The van der Waals surface area contributed by atoms with Gasteiger partial charge >= 0.3 is 5.97 Å². The summed E-state index contributed by atoms with van der Waals surface area (Å²) < 4.78 is 4.76. The molecular weight excluding hydrogens is 216 g/mol. The highest BCUT2D eigenvalue weighted by atomic mass is 16.5. The lowest BCUT2D eigenvalue weighted by atomic mass is 9.88. The van der Waals surface area contributed by atoms with Crippen LogP contribution in [0.15, 0.2) is 18.2 Å². The Morgan fingerprint density at radius 2 is 2.35 bits per heavy atom. The highest BCUT2D eigenvalue weighted by molar-refractivity contribution is 5.90. The summed E-state index contributed by atoms with van der Waals surface area (Å²) in [5, 5.41) is 6.93. The average molecular weight is 232 g/mol. The van der Waals surface area contributed by atoms with Crippen LogP contribution in [0, 0.1) is 5.92 Å². The van der Waals surface area contributed by atoms with Crippen LogP contribution < -0.4 is 10.6 Å². The molecule has 1 saturated heterocycles. The number of rotatable bonds is 1. The maximum atomic E-state index is 11.5. The van der Waals surface area contributed by atoms with Gasteiger partial charge in [-0.1, -0.05) is 0 Å². The van der Waals surface area contributed by atoms with Gasteiger partial charge in [-0.3, -0.25) is 0 Å². The standard InChI is InChI=1S/C13H16N2O2/c1-17-13(16)8-2-3-11-10(6-8)12-9(7-15-11)4-5-14-12/h2-3,6,9,12,14-15H,4-5,7H2,1H3/t9-,12-/m0/s1. The molecular formula is C13H16N2O2. The third-order valence-corrected chi connectivity index (χ3v) is 3.71. The normalized spacial score (nSPS) is 25.7. The van der Waals surface area contributed by atoms with E-state index in [4.69, 9.17) is 4.74 Å². The van der Waals surface area contributed by atoms with Crippen molar-refractivity contribution in [3.8, 4) is 0 Å². The van der Waals surface area contributed by atoms with E-state index >= 15 is 0 Å². The van der Waals surface area contributed by atoms with Gasteiger partial charge < -0.3 is 15.4 Å². The number of hydrogen-bond acceptors (Lipinski definition) is 4. The van der Waals surface area contributed by atoms with E-state index in [0.717, 1.165) is 18.8 Å². The van der Waals surface area contributed by atoms with Crippen molar-refractivity contribution in [2.45, 2.75) is 12.5 Å². The van der Waals surface area contributed by atoms with E-state index in [-0.39, 0.29) is 5.97 Å². The van der Waals surface area contributed by atoms with Gasteiger partial charge in [0.25, 0.3) is 0 Å². The zero-order valence-corrected chi connectivity index (χ0v) is 9.82. The number of fused-ring (bicyclic) bond motifs is 3. The first-order chi connectivity index (χ1) is 8.29. The maximum Gasteiger partial charge on any atom is 0.337 e. The Balaban J connectivity index is 2.00. The van der Waals surface area contributed by atoms with Gasteiger partial charge in [0.05, 0.1) is 12.7 Å². The molecule has 0 unspecified atom stereocenters. The predicted molar refractivity (Wildman–Crippen MR) is 65.1 cm³/mol. The molecule has 1 fully saturated rings. The Hall–Kier alpha value is -1.55. The fourth-order valence-corrected chi connectivity index (χ4v) is 2.81. The summed E-state index contributed by atoms with van der Waals surface area (Å²) in [6, 6.07) is 6.12. The number of ether oxygens (including phenoxy) is 1. The SMILES string of the molecule is COC(=O)c1ccc2c(c1)[C@H]1NCC[C@H]1CN2. The van der Waals surface area contributed by atoms with Gasteiger partial charge in [0.1, 0.15) is 0 Å². The van der Waals surface area contributed by atoms with Crippen LogP contribution in [-0.2, 0) is 4.74 Å². The van der Waals surface area contributed by atoms with Gasteiger partial charge in [-0.15, -0.1) is 0 Å². The summed E-state index contributed by atoms with van der Waals surface area (Å²) in [7, 11) is 1.41. The minimum atomic E-state index is -0.270. The number of carbonyl (C=O) groups is 1. The lowest BCUT2D eigenvalue weighted by molar-refractivity contribution is 0.0600. The van der Waals surface area contributed by atoms with Crippen molar-refractivity contribution in [1.29, 1.82) is 0 Å². The summed E-state index contributed by atoms with van der Waals surface area (Å²) in [4.78, 5) is 11.5. The second-order valence-corrected chi connectivity index (χ2v) is 4.66. The Kier molecular flexibility index (Phi) is 2.52. The lowest BCUT2D eigenvalue weighted by Crippen LogP contribution is -2.29. The maximum absolute atomic E-state index is 11.5. The molecule has 0 aliphatic carbocycles. The zero-order valence-electron chi connectivity index (χ0n) is 9.82. The van der Waals surface area contributed by atoms with Gasteiger partial charge in [-0.2, -0.15) is 0 Å². The molecule has 0 spiro atoms. The molecule has 2 aliphatic heterocycles. The minimum absolute atomic E-state index is 0.270. The first-order valence-corrected chi connectivity index (χ1v) is 5.99. The molecule has 1 aromatic carbocycles. The highest BCUT2D eigenvalue weighted by Crippen LogP contribution is 2.38. The van der Waals surface area contributed by atoms with Crippen molar-refractivity contribution in [2.75, 3.05) is 25.5 Å². The third-order valence-electron chi connectivity index (χ3n) is 3.71. The lowest BCUT2D eigenvalue weighted by Gasteiger charge is -2.29. The van der Waals surface area contributed by atoms with E-state index in [1.807, 2.05) is 18.2 Å². The van der Waals surface area contributed by atoms with Gasteiger partial charge in [-0.05, 0) is 42.6 Å². The van der Waals surface area contributed by atoms with Crippen LogP contribution in [0.25, 0.3) is 0 Å². The number of anilines is 1. The largest absolute Gasteiger partial charge is 0.465 e. The van der Waals surface area contributed by atoms with E-state index in [1.54, 1.807) is 0 Å². The molecule has 0 saturated carbocycles. The molecule has 1 aromatic rings. The smallest absolute Gasteiger partial charge is 0.337 e. The van der Waals surface area contributed by atoms with E-state index in [1.165, 1.54) is 19.1 Å². The summed E-state index contributed by atoms with van der Waals surface area (Å²) in [5.41, 5.74) is 2.96. The number of benzene rings is 1. The molecule has 2 aliphatic rings. The van der Waals surface area contributed by atoms with E-state index in [2.05, 4.69) is 10.6 Å². The summed E-state index contributed by atoms with van der Waals surface area (Å²) in [5.74, 6) is 0.364. The molecule has 2 heterocycles. The molecule has 0 aromatic heterocycles. The molecule has 3 rings (SSSR count). The quantitative estimate of drug-likeness (QED) is 0.721. The Morgan fingerprint density at radius 3 is 3.18 bits per heavy atom. The van der Waals surface area contributed by atoms with Gasteiger partial charge in [0, 0.05) is 18.3 Å². The van der Waals surface area contributed by atoms with Gasteiger partial charge in [0.15, 0.2) is 0 Å². The molecule has 0 radical (unpaired) electrons. The van der Waals surface area contributed by atoms with Crippen LogP contribution in [0.2, 0.25) is 0 Å². The van der Waals surface area contributed by atoms with Crippen molar-refractivity contribution in [2.24, 2.45) is 5.92 Å². The van der Waals surface area contributed by atoms with Crippen LogP contribution in [0.1, 0.15) is 28.4 Å². The molecule has 4 nitrogen and oxygen atoms in total. The highest BCUT2D eigenvalue weighted by Gasteiger charge is 2.33. The first kappa shape index (κ1) is 10.6. The zero-order chi connectivity index (χ0) is 11.8. The van der Waals surface area contributed by atoms with Crippen molar-refractivity contribution in [3.63, 3.8) is 0 Å². The summed E-state index contributed by atoms with van der Waals surface area (Å²) >= 11 is 0. The number of nitrogens with one attached hydrogen (secondary N) is 2. The first-order valence-electron chi connectivity index (χ1n) is 5.99. The molecule has 2 N–H and O–H groups in total. The van der Waals surface area contributed by atoms with Crippen LogP contribution in [-0.4, -0.2) is 26.2 Å². The number of methoxy groups -OCH3 is 1. The number of hydrogen-bond donors (Lipinski definition) is 2. The molecule has 2 atom stereocenters. The van der Waals surface area contributed by atoms with Crippen LogP contribution in [0.5, 0.6) is 0 Å². The predicted octanol–water partition coefficient (Wildman–Crippen LogP) is 1.55. The van der Waals surface area contributed by atoms with Crippen LogP contribution in [0.3, 0.4) is 0 Å². The van der Waals surface area contributed by atoms with Crippen molar-refractivity contribution in [3.05, 3.63) is 29.3 Å². The van der Waals surface area contributed by atoms with Crippen molar-refractivity contribution < 1.29 is 9.53 Å². The van der Waals surface area contributed by atoms with Crippen LogP contribution >= 0.6 is 0 Å². The fourth-order valence-electron chi connectivity index (χ4n) is 2.81. The molecule has 4 heteroatoms. The Labute approximate surface area is 100 Å².